The minimum absolute atomic E-state index is 0.631. The third-order valence-corrected chi connectivity index (χ3v) is 2.91. The van der Waals surface area contributed by atoms with Gasteiger partial charge in [0.05, 0.1) is 10.7 Å². The molecule has 2 rings (SSSR count). The summed E-state index contributed by atoms with van der Waals surface area (Å²) in [7, 11) is 0. The fourth-order valence-electron chi connectivity index (χ4n) is 1.42. The van der Waals surface area contributed by atoms with Crippen LogP contribution in [-0.2, 0) is 6.42 Å². The van der Waals surface area contributed by atoms with Gasteiger partial charge in [-0.3, -0.25) is 4.98 Å². The lowest BCUT2D eigenvalue weighted by Crippen LogP contribution is -2.04. The van der Waals surface area contributed by atoms with Gasteiger partial charge in [0.1, 0.15) is 0 Å². The van der Waals surface area contributed by atoms with E-state index in [4.69, 9.17) is 5.73 Å². The van der Waals surface area contributed by atoms with E-state index in [1.165, 1.54) is 0 Å². The molecule has 0 bridgehead atoms. The molecule has 2 aromatic rings. The van der Waals surface area contributed by atoms with Crippen LogP contribution >= 0.6 is 11.3 Å². The molecule has 78 valence electrons. The normalized spacial score (nSPS) is 10.5. The van der Waals surface area contributed by atoms with Crippen LogP contribution in [0.15, 0.2) is 23.7 Å². The molecule has 15 heavy (non-hydrogen) atoms. The van der Waals surface area contributed by atoms with Crippen LogP contribution in [0.3, 0.4) is 0 Å². The van der Waals surface area contributed by atoms with Gasteiger partial charge >= 0.3 is 0 Å². The summed E-state index contributed by atoms with van der Waals surface area (Å²) in [5, 5.41) is 3.15. The van der Waals surface area contributed by atoms with Crippen LogP contribution < -0.4 is 5.73 Å². The molecule has 0 aromatic carbocycles. The van der Waals surface area contributed by atoms with E-state index in [1.54, 1.807) is 11.3 Å². The van der Waals surface area contributed by atoms with Crippen molar-refractivity contribution in [1.82, 2.24) is 9.97 Å². The van der Waals surface area contributed by atoms with Crippen LogP contribution in [0.4, 0.5) is 0 Å². The quantitative estimate of drug-likeness (QED) is 0.859. The van der Waals surface area contributed by atoms with Crippen molar-refractivity contribution in [3.8, 4) is 11.3 Å². The molecule has 0 saturated carbocycles. The van der Waals surface area contributed by atoms with Gasteiger partial charge in [-0.05, 0) is 25.6 Å². The van der Waals surface area contributed by atoms with Gasteiger partial charge in [-0.2, -0.15) is 0 Å². The lowest BCUT2D eigenvalue weighted by atomic mass is 10.1. The Bertz CT molecular complexity index is 451. The fraction of sp³-hybridized carbons (Fsp3) is 0.273. The fourth-order valence-corrected chi connectivity index (χ4v) is 2.04. The standard InChI is InChI=1S/C11H13N3S/c1-8-14-11(7-15-8)9-3-5-13-10(6-9)2-4-12/h3,5-7H,2,4,12H2,1H3. The Balaban J connectivity index is 2.32. The summed E-state index contributed by atoms with van der Waals surface area (Å²) in [4.78, 5) is 8.70. The van der Waals surface area contributed by atoms with Crippen molar-refractivity contribution in [3.63, 3.8) is 0 Å². The van der Waals surface area contributed by atoms with Crippen LogP contribution in [-0.4, -0.2) is 16.5 Å². The molecule has 0 atom stereocenters. The van der Waals surface area contributed by atoms with Crippen LogP contribution in [0.25, 0.3) is 11.3 Å². The molecule has 2 heterocycles. The average Bonchev–Trinajstić information content (AvgIpc) is 2.66. The molecule has 0 aliphatic carbocycles. The number of rotatable bonds is 3. The Labute approximate surface area is 93.0 Å². The number of aromatic nitrogens is 2. The Morgan fingerprint density at radius 3 is 3.00 bits per heavy atom. The Morgan fingerprint density at radius 1 is 1.47 bits per heavy atom. The summed E-state index contributed by atoms with van der Waals surface area (Å²) >= 11 is 1.66. The molecule has 0 spiro atoms. The van der Waals surface area contributed by atoms with Crippen LogP contribution in [0.2, 0.25) is 0 Å². The van der Waals surface area contributed by atoms with Crippen LogP contribution in [0, 0.1) is 6.92 Å². The molecule has 0 unspecified atom stereocenters. The lowest BCUT2D eigenvalue weighted by Gasteiger charge is -2.00. The van der Waals surface area contributed by atoms with Crippen molar-refractivity contribution in [3.05, 3.63) is 34.4 Å². The van der Waals surface area contributed by atoms with Crippen molar-refractivity contribution < 1.29 is 0 Å². The van der Waals surface area contributed by atoms with E-state index in [-0.39, 0.29) is 0 Å². The molecular formula is C11H13N3S. The minimum atomic E-state index is 0.631. The van der Waals surface area contributed by atoms with Crippen LogP contribution in [0.5, 0.6) is 0 Å². The van der Waals surface area contributed by atoms with Crippen molar-refractivity contribution in [2.45, 2.75) is 13.3 Å². The molecule has 2 aromatic heterocycles. The smallest absolute Gasteiger partial charge is 0.0901 e. The minimum Gasteiger partial charge on any atom is -0.330 e. The van der Waals surface area contributed by atoms with Gasteiger partial charge in [-0.25, -0.2) is 4.98 Å². The van der Waals surface area contributed by atoms with Gasteiger partial charge in [-0.15, -0.1) is 11.3 Å². The first-order valence-corrected chi connectivity index (χ1v) is 5.75. The van der Waals surface area contributed by atoms with Gasteiger partial charge in [0.2, 0.25) is 0 Å². The highest BCUT2D eigenvalue weighted by Gasteiger charge is 2.03. The van der Waals surface area contributed by atoms with Gasteiger partial charge in [0, 0.05) is 29.3 Å². The number of nitrogens with two attached hydrogens (primary N) is 1. The summed E-state index contributed by atoms with van der Waals surface area (Å²) in [5.74, 6) is 0. The topological polar surface area (TPSA) is 51.8 Å². The molecular weight excluding hydrogens is 206 g/mol. The number of hydrogen-bond acceptors (Lipinski definition) is 4. The van der Waals surface area contributed by atoms with E-state index in [9.17, 15) is 0 Å². The molecule has 0 amide bonds. The van der Waals surface area contributed by atoms with Crippen LogP contribution in [0.1, 0.15) is 10.7 Å². The third-order valence-electron chi connectivity index (χ3n) is 2.13. The van der Waals surface area contributed by atoms with Crippen molar-refractivity contribution in [1.29, 1.82) is 0 Å². The summed E-state index contributed by atoms with van der Waals surface area (Å²) in [6, 6.07) is 4.04. The number of pyridine rings is 1. The zero-order valence-corrected chi connectivity index (χ0v) is 9.42. The SMILES string of the molecule is Cc1nc(-c2ccnc(CCN)c2)cs1. The Morgan fingerprint density at radius 2 is 2.33 bits per heavy atom. The molecule has 0 aliphatic rings. The van der Waals surface area contributed by atoms with E-state index in [1.807, 2.05) is 19.2 Å². The molecule has 0 saturated heterocycles. The maximum absolute atomic E-state index is 5.50. The first-order chi connectivity index (χ1) is 7.29. The van der Waals surface area contributed by atoms with Gasteiger partial charge in [0.25, 0.3) is 0 Å². The van der Waals surface area contributed by atoms with Crippen molar-refractivity contribution >= 4 is 11.3 Å². The lowest BCUT2D eigenvalue weighted by molar-refractivity contribution is 0.923. The first kappa shape index (κ1) is 10.3. The molecule has 0 aliphatic heterocycles. The molecule has 3 nitrogen and oxygen atoms in total. The second-order valence-electron chi connectivity index (χ2n) is 3.33. The maximum atomic E-state index is 5.50. The number of hydrogen-bond donors (Lipinski definition) is 1. The number of nitrogens with zero attached hydrogens (tertiary/aromatic N) is 2. The Hall–Kier alpha value is -1.26. The monoisotopic (exact) mass is 219 g/mol. The highest BCUT2D eigenvalue weighted by molar-refractivity contribution is 7.09. The van der Waals surface area contributed by atoms with E-state index in [0.29, 0.717) is 6.54 Å². The second kappa shape index (κ2) is 4.51. The highest BCUT2D eigenvalue weighted by atomic mass is 32.1. The molecule has 0 fully saturated rings. The average molecular weight is 219 g/mol. The summed E-state index contributed by atoms with van der Waals surface area (Å²) < 4.78 is 0. The van der Waals surface area contributed by atoms with E-state index in [0.717, 1.165) is 28.4 Å². The van der Waals surface area contributed by atoms with E-state index >= 15 is 0 Å². The summed E-state index contributed by atoms with van der Waals surface area (Å²) in [5.41, 5.74) is 8.68. The third kappa shape index (κ3) is 2.40. The predicted octanol–water partition coefficient (Wildman–Crippen LogP) is 2.01. The van der Waals surface area contributed by atoms with Gasteiger partial charge in [-0.1, -0.05) is 0 Å². The molecule has 4 heteroatoms. The number of thiazole rings is 1. The van der Waals surface area contributed by atoms with E-state index in [2.05, 4.69) is 21.4 Å². The zero-order chi connectivity index (χ0) is 10.7. The molecule has 0 radical (unpaired) electrons. The van der Waals surface area contributed by atoms with Gasteiger partial charge in [0.15, 0.2) is 0 Å². The second-order valence-corrected chi connectivity index (χ2v) is 4.39. The number of aryl methyl sites for hydroxylation is 1. The molecule has 2 N–H and O–H groups in total. The van der Waals surface area contributed by atoms with Gasteiger partial charge < -0.3 is 5.73 Å². The summed E-state index contributed by atoms with van der Waals surface area (Å²) in [6.07, 6.45) is 2.63. The highest BCUT2D eigenvalue weighted by Crippen LogP contribution is 2.21. The maximum Gasteiger partial charge on any atom is 0.0901 e. The Kier molecular flexibility index (Phi) is 3.08. The van der Waals surface area contributed by atoms with Crippen molar-refractivity contribution in [2.24, 2.45) is 5.73 Å². The zero-order valence-electron chi connectivity index (χ0n) is 8.60. The van der Waals surface area contributed by atoms with Crippen molar-refractivity contribution in [2.75, 3.05) is 6.54 Å². The van der Waals surface area contributed by atoms with E-state index < -0.39 is 0 Å². The summed E-state index contributed by atoms with van der Waals surface area (Å²) in [6.45, 7) is 2.64. The predicted molar refractivity (Wildman–Crippen MR) is 62.8 cm³/mol. The largest absolute Gasteiger partial charge is 0.330 e. The first-order valence-electron chi connectivity index (χ1n) is 4.87.